The van der Waals surface area contributed by atoms with Crippen molar-refractivity contribution in [2.45, 2.75) is 19.4 Å². The molecule has 4 rings (SSSR count). The Hall–Kier alpha value is -2.99. The van der Waals surface area contributed by atoms with Crippen LogP contribution in [0.25, 0.3) is 21.6 Å². The van der Waals surface area contributed by atoms with Crippen LogP contribution in [-0.4, -0.2) is 20.9 Å². The van der Waals surface area contributed by atoms with Crippen LogP contribution >= 0.6 is 11.3 Å². The van der Waals surface area contributed by atoms with Crippen molar-refractivity contribution in [3.8, 4) is 10.6 Å². The predicted octanol–water partition coefficient (Wildman–Crippen LogP) is 4.11. The molecule has 2 aromatic heterocycles. The molecule has 1 atom stereocenters. The number of rotatable bonds is 5. The summed E-state index contributed by atoms with van der Waals surface area (Å²) in [5.74, 6) is 0.686. The molecule has 1 amide bonds. The molecule has 0 aliphatic heterocycles. The van der Waals surface area contributed by atoms with Gasteiger partial charge < -0.3 is 10.3 Å². The molecule has 0 spiro atoms. The first-order chi connectivity index (χ1) is 12.7. The number of hydrogen-bond donors (Lipinski definition) is 2. The number of amides is 1. The van der Waals surface area contributed by atoms with E-state index in [1.165, 1.54) is 0 Å². The summed E-state index contributed by atoms with van der Waals surface area (Å²) in [6.07, 6.45) is 0.258. The zero-order valence-corrected chi connectivity index (χ0v) is 15.1. The van der Waals surface area contributed by atoms with Gasteiger partial charge in [0, 0.05) is 10.9 Å². The fourth-order valence-electron chi connectivity index (χ4n) is 2.80. The minimum atomic E-state index is -0.192. The van der Waals surface area contributed by atoms with Gasteiger partial charge in [-0.1, -0.05) is 42.5 Å². The van der Waals surface area contributed by atoms with Crippen molar-refractivity contribution in [3.05, 3.63) is 71.5 Å². The zero-order valence-electron chi connectivity index (χ0n) is 14.3. The maximum atomic E-state index is 12.4. The average Bonchev–Trinajstić information content (AvgIpc) is 3.29. The molecule has 0 unspecified atom stereocenters. The van der Waals surface area contributed by atoms with E-state index in [-0.39, 0.29) is 18.4 Å². The number of H-pyrrole nitrogens is 1. The summed E-state index contributed by atoms with van der Waals surface area (Å²) in [4.78, 5) is 24.7. The van der Waals surface area contributed by atoms with Crippen LogP contribution in [0.1, 0.15) is 24.5 Å². The van der Waals surface area contributed by atoms with Gasteiger partial charge >= 0.3 is 0 Å². The van der Waals surface area contributed by atoms with Gasteiger partial charge in [0.2, 0.25) is 5.91 Å². The summed E-state index contributed by atoms with van der Waals surface area (Å²) < 4.78 is 0. The van der Waals surface area contributed by atoms with Crippen LogP contribution in [0.5, 0.6) is 0 Å². The first-order valence-corrected chi connectivity index (χ1v) is 9.31. The van der Waals surface area contributed by atoms with Gasteiger partial charge in [-0.05, 0) is 19.1 Å². The lowest BCUT2D eigenvalue weighted by Gasteiger charge is -2.10. The number of imidazole rings is 1. The van der Waals surface area contributed by atoms with Crippen molar-refractivity contribution in [1.29, 1.82) is 0 Å². The van der Waals surface area contributed by atoms with Crippen LogP contribution in [0.2, 0.25) is 0 Å². The number of benzene rings is 2. The summed E-state index contributed by atoms with van der Waals surface area (Å²) in [6.45, 7) is 1.92. The van der Waals surface area contributed by atoms with Gasteiger partial charge in [0.1, 0.15) is 10.8 Å². The molecule has 0 aliphatic carbocycles. The molecule has 130 valence electrons. The zero-order chi connectivity index (χ0) is 17.9. The predicted molar refractivity (Wildman–Crippen MR) is 104 cm³/mol. The molecule has 2 aromatic carbocycles. The van der Waals surface area contributed by atoms with Crippen LogP contribution in [0.15, 0.2) is 60.0 Å². The highest BCUT2D eigenvalue weighted by molar-refractivity contribution is 7.13. The monoisotopic (exact) mass is 362 g/mol. The largest absolute Gasteiger partial charge is 0.346 e. The molecule has 0 aliphatic rings. The highest BCUT2D eigenvalue weighted by Gasteiger charge is 2.15. The number of para-hydroxylation sites is 2. The maximum absolute atomic E-state index is 12.4. The third-order valence-electron chi connectivity index (χ3n) is 4.11. The lowest BCUT2D eigenvalue weighted by atomic mass is 10.2. The number of carbonyl (C=O) groups excluding carboxylic acids is 1. The molecule has 0 bridgehead atoms. The van der Waals surface area contributed by atoms with Gasteiger partial charge in [-0.2, -0.15) is 0 Å². The number of nitrogens with zero attached hydrogens (tertiary/aromatic N) is 2. The molecule has 4 aromatic rings. The van der Waals surface area contributed by atoms with Crippen molar-refractivity contribution in [2.24, 2.45) is 0 Å². The Balaban J connectivity index is 1.41. The second-order valence-electron chi connectivity index (χ2n) is 6.12. The van der Waals surface area contributed by atoms with E-state index in [9.17, 15) is 4.79 Å². The molecular weight excluding hydrogens is 344 g/mol. The van der Waals surface area contributed by atoms with E-state index in [1.54, 1.807) is 11.3 Å². The molecule has 0 saturated heterocycles. The standard InChI is InChI=1S/C20H18N4OS/c1-13(19-23-16-9-5-6-10-17(16)24-19)21-18(25)11-15-12-26-20(22-15)14-7-3-2-4-8-14/h2-10,12-13H,11H2,1H3,(H,21,25)(H,23,24)/t13-/m0/s1. The van der Waals surface area contributed by atoms with Crippen LogP contribution in [0.3, 0.4) is 0 Å². The van der Waals surface area contributed by atoms with Crippen LogP contribution in [0.4, 0.5) is 0 Å². The van der Waals surface area contributed by atoms with Gasteiger partial charge in [0.05, 0.1) is 29.2 Å². The third kappa shape index (κ3) is 3.50. The van der Waals surface area contributed by atoms with Gasteiger partial charge in [-0.3, -0.25) is 4.79 Å². The van der Waals surface area contributed by atoms with Crippen molar-refractivity contribution < 1.29 is 4.79 Å². The summed E-state index contributed by atoms with van der Waals surface area (Å²) in [6, 6.07) is 17.6. The van der Waals surface area contributed by atoms with Gasteiger partial charge in [0.15, 0.2) is 0 Å². The van der Waals surface area contributed by atoms with Crippen LogP contribution < -0.4 is 5.32 Å². The first kappa shape index (κ1) is 16.5. The van der Waals surface area contributed by atoms with Gasteiger partial charge in [-0.15, -0.1) is 11.3 Å². The molecular formula is C20H18N4OS. The van der Waals surface area contributed by atoms with Crippen LogP contribution in [0, 0.1) is 0 Å². The number of nitrogens with one attached hydrogen (secondary N) is 2. The number of thiazole rings is 1. The fraction of sp³-hybridized carbons (Fsp3) is 0.150. The molecule has 2 heterocycles. The van der Waals surface area contributed by atoms with Gasteiger partial charge in [-0.25, -0.2) is 9.97 Å². The molecule has 0 saturated carbocycles. The number of carbonyl (C=O) groups is 1. The van der Waals surface area contributed by atoms with E-state index in [0.29, 0.717) is 0 Å². The number of hydrogen-bond acceptors (Lipinski definition) is 4. The second-order valence-corrected chi connectivity index (χ2v) is 6.97. The fourth-order valence-corrected chi connectivity index (χ4v) is 3.63. The minimum Gasteiger partial charge on any atom is -0.346 e. The van der Waals surface area contributed by atoms with E-state index < -0.39 is 0 Å². The number of aromatic amines is 1. The Morgan fingerprint density at radius 2 is 1.88 bits per heavy atom. The Kier molecular flexibility index (Phi) is 4.50. The van der Waals surface area contributed by atoms with E-state index in [2.05, 4.69) is 20.3 Å². The highest BCUT2D eigenvalue weighted by atomic mass is 32.1. The first-order valence-electron chi connectivity index (χ1n) is 8.43. The molecule has 0 radical (unpaired) electrons. The Morgan fingerprint density at radius 3 is 2.69 bits per heavy atom. The quantitative estimate of drug-likeness (QED) is 0.561. The van der Waals surface area contributed by atoms with Crippen molar-refractivity contribution in [1.82, 2.24) is 20.3 Å². The van der Waals surface area contributed by atoms with Crippen molar-refractivity contribution >= 4 is 28.3 Å². The smallest absolute Gasteiger partial charge is 0.226 e. The Labute approximate surface area is 155 Å². The SMILES string of the molecule is C[C@H](NC(=O)Cc1csc(-c2ccccc2)n1)c1nc2ccccc2[nH]1. The summed E-state index contributed by atoms with van der Waals surface area (Å²) in [7, 11) is 0. The lowest BCUT2D eigenvalue weighted by Crippen LogP contribution is -2.28. The van der Waals surface area contributed by atoms with E-state index in [0.717, 1.165) is 33.1 Å². The summed E-state index contributed by atoms with van der Waals surface area (Å²) in [5.41, 5.74) is 3.72. The number of fused-ring (bicyclic) bond motifs is 1. The molecule has 26 heavy (non-hydrogen) atoms. The molecule has 6 heteroatoms. The Bertz CT molecular complexity index is 1010. The van der Waals surface area contributed by atoms with Crippen LogP contribution in [-0.2, 0) is 11.2 Å². The maximum Gasteiger partial charge on any atom is 0.226 e. The Morgan fingerprint density at radius 1 is 1.12 bits per heavy atom. The minimum absolute atomic E-state index is 0.0668. The third-order valence-corrected chi connectivity index (χ3v) is 5.05. The van der Waals surface area contributed by atoms with E-state index in [1.807, 2.05) is 66.9 Å². The summed E-state index contributed by atoms with van der Waals surface area (Å²) >= 11 is 1.55. The molecule has 0 fully saturated rings. The molecule has 5 nitrogen and oxygen atoms in total. The normalized spacial score (nSPS) is 12.2. The van der Waals surface area contributed by atoms with Crippen molar-refractivity contribution in [3.63, 3.8) is 0 Å². The molecule has 2 N–H and O–H groups in total. The lowest BCUT2D eigenvalue weighted by molar-refractivity contribution is -0.121. The van der Waals surface area contributed by atoms with E-state index in [4.69, 9.17) is 0 Å². The average molecular weight is 362 g/mol. The van der Waals surface area contributed by atoms with Crippen molar-refractivity contribution in [2.75, 3.05) is 0 Å². The summed E-state index contributed by atoms with van der Waals surface area (Å²) in [5, 5.41) is 5.85. The highest BCUT2D eigenvalue weighted by Crippen LogP contribution is 2.23. The second kappa shape index (κ2) is 7.09. The number of aromatic nitrogens is 3. The topological polar surface area (TPSA) is 70.7 Å². The van der Waals surface area contributed by atoms with Gasteiger partial charge in [0.25, 0.3) is 0 Å². The van der Waals surface area contributed by atoms with E-state index >= 15 is 0 Å².